The predicted octanol–water partition coefficient (Wildman–Crippen LogP) is 5.40. The molecule has 0 aliphatic heterocycles. The molecule has 2 aromatic carbocycles. The van der Waals surface area contributed by atoms with E-state index in [1.54, 1.807) is 7.11 Å². The highest BCUT2D eigenvalue weighted by Crippen LogP contribution is 2.43. The van der Waals surface area contributed by atoms with Crippen molar-refractivity contribution < 1.29 is 22.7 Å². The van der Waals surface area contributed by atoms with Crippen molar-refractivity contribution in [1.82, 2.24) is 0 Å². The summed E-state index contributed by atoms with van der Waals surface area (Å²) in [7, 11) is -2.06. The number of rotatable bonds is 10. The minimum Gasteiger partial charge on any atom is -0.495 e. The maximum absolute atomic E-state index is 13.0. The summed E-state index contributed by atoms with van der Waals surface area (Å²) in [5.41, 5.74) is 4.49. The minimum absolute atomic E-state index is 0.123. The quantitative estimate of drug-likeness (QED) is 0.408. The molecule has 0 spiro atoms. The molecule has 1 fully saturated rings. The average Bonchev–Trinajstić information content (AvgIpc) is 3.61. The van der Waals surface area contributed by atoms with Crippen molar-refractivity contribution in [3.05, 3.63) is 58.7 Å². The van der Waals surface area contributed by atoms with Gasteiger partial charge in [0.25, 0.3) is 0 Å². The first-order valence-electron chi connectivity index (χ1n) is 12.2. The first-order chi connectivity index (χ1) is 16.3. The topological polar surface area (TPSA) is 72.9 Å². The lowest BCUT2D eigenvalue weighted by atomic mass is 9.95. The van der Waals surface area contributed by atoms with Gasteiger partial charge in [-0.3, -0.25) is 9.10 Å². The number of hydrogen-bond acceptors (Lipinski definition) is 5. The number of esters is 1. The molecule has 192 valence electrons. The van der Waals surface area contributed by atoms with Crippen molar-refractivity contribution in [3.8, 4) is 5.75 Å². The van der Waals surface area contributed by atoms with E-state index >= 15 is 0 Å². The third kappa shape index (κ3) is 7.23. The lowest BCUT2D eigenvalue weighted by molar-refractivity contribution is -0.154. The number of benzene rings is 2. The Balaban J connectivity index is 1.93. The Morgan fingerprint density at radius 3 is 2.31 bits per heavy atom. The second-order valence-corrected chi connectivity index (χ2v) is 12.7. The highest BCUT2D eigenvalue weighted by atomic mass is 32.2. The monoisotopic (exact) mass is 501 g/mol. The van der Waals surface area contributed by atoms with Gasteiger partial charge >= 0.3 is 5.97 Å². The van der Waals surface area contributed by atoms with Gasteiger partial charge in [0.15, 0.2) is 0 Å². The second-order valence-electron chi connectivity index (χ2n) is 10.8. The van der Waals surface area contributed by atoms with E-state index in [-0.39, 0.29) is 25.0 Å². The first-order valence-corrected chi connectivity index (χ1v) is 14.0. The molecule has 0 amide bonds. The third-order valence-electron chi connectivity index (χ3n) is 6.50. The molecule has 3 rings (SSSR count). The Bertz CT molecular complexity index is 1160. The molecular formula is C28H39NO5S. The smallest absolute Gasteiger partial charge is 0.311 e. The average molecular weight is 502 g/mol. The van der Waals surface area contributed by atoms with Gasteiger partial charge in [-0.05, 0) is 94.2 Å². The fourth-order valence-electron chi connectivity index (χ4n) is 4.07. The zero-order valence-electron chi connectivity index (χ0n) is 22.1. The summed E-state index contributed by atoms with van der Waals surface area (Å²) in [4.78, 5) is 12.5. The van der Waals surface area contributed by atoms with Crippen molar-refractivity contribution in [2.24, 2.45) is 11.3 Å². The van der Waals surface area contributed by atoms with Gasteiger partial charge in [0.1, 0.15) is 5.75 Å². The normalized spacial score (nSPS) is 14.9. The number of anilines is 1. The molecule has 1 unspecified atom stereocenters. The maximum atomic E-state index is 13.0. The van der Waals surface area contributed by atoms with E-state index in [9.17, 15) is 13.2 Å². The lowest BCUT2D eigenvalue weighted by Gasteiger charge is -2.29. The summed E-state index contributed by atoms with van der Waals surface area (Å²) in [6, 6.07) is 12.0. The van der Waals surface area contributed by atoms with Gasteiger partial charge in [-0.2, -0.15) is 0 Å². The van der Waals surface area contributed by atoms with Crippen LogP contribution in [-0.2, 0) is 26.0 Å². The van der Waals surface area contributed by atoms with Gasteiger partial charge in [0, 0.05) is 12.5 Å². The van der Waals surface area contributed by atoms with Crippen LogP contribution in [0.15, 0.2) is 36.4 Å². The zero-order chi connectivity index (χ0) is 26.0. The van der Waals surface area contributed by atoms with Crippen LogP contribution in [-0.4, -0.2) is 40.9 Å². The summed E-state index contributed by atoms with van der Waals surface area (Å²) in [5.74, 6) is 0.515. The standard InChI is InChI=1S/C28H39NO5S/c1-19-8-9-21(14-20(19)2)15-22(18-34-27(30)28(3,4)5)17-29(35(7,31)32)25-13-12-24(23-10-11-23)16-26(25)33-6/h8-9,12-14,16,22-23H,10-11,15,17-18H2,1-7H3. The van der Waals surface area contributed by atoms with E-state index in [2.05, 4.69) is 32.0 Å². The SMILES string of the molecule is COc1cc(C2CC2)ccc1N(CC(COC(=O)C(C)(C)C)Cc1ccc(C)c(C)c1)S(C)(=O)=O. The predicted molar refractivity (Wildman–Crippen MR) is 141 cm³/mol. The molecule has 0 heterocycles. The van der Waals surface area contributed by atoms with Crippen LogP contribution < -0.4 is 9.04 Å². The van der Waals surface area contributed by atoms with Gasteiger partial charge in [0.2, 0.25) is 10.0 Å². The molecule has 0 radical (unpaired) electrons. The number of hydrogen-bond donors (Lipinski definition) is 0. The number of ether oxygens (including phenoxy) is 2. The van der Waals surface area contributed by atoms with E-state index in [1.807, 2.05) is 39.0 Å². The van der Waals surface area contributed by atoms with Gasteiger partial charge in [0.05, 0.1) is 31.1 Å². The van der Waals surface area contributed by atoms with Gasteiger partial charge < -0.3 is 9.47 Å². The highest BCUT2D eigenvalue weighted by Gasteiger charge is 2.30. The number of sulfonamides is 1. The van der Waals surface area contributed by atoms with Crippen molar-refractivity contribution in [1.29, 1.82) is 0 Å². The van der Waals surface area contributed by atoms with Gasteiger partial charge in [-0.25, -0.2) is 8.42 Å². The van der Waals surface area contributed by atoms with Crippen LogP contribution in [0.1, 0.15) is 61.8 Å². The van der Waals surface area contributed by atoms with E-state index in [0.29, 0.717) is 23.8 Å². The number of methoxy groups -OCH3 is 1. The fraction of sp³-hybridized carbons (Fsp3) is 0.536. The number of nitrogens with zero attached hydrogens (tertiary/aromatic N) is 1. The molecule has 1 aliphatic carbocycles. The van der Waals surface area contributed by atoms with Gasteiger partial charge in [-0.15, -0.1) is 0 Å². The number of carbonyl (C=O) groups excluding carboxylic acids is 1. The summed E-state index contributed by atoms with van der Waals surface area (Å²) >= 11 is 0. The molecule has 1 saturated carbocycles. The molecule has 7 heteroatoms. The van der Waals surface area contributed by atoms with E-state index in [4.69, 9.17) is 9.47 Å². The van der Waals surface area contributed by atoms with Crippen molar-refractivity contribution >= 4 is 21.7 Å². The Morgan fingerprint density at radius 2 is 1.77 bits per heavy atom. The maximum Gasteiger partial charge on any atom is 0.311 e. The van der Waals surface area contributed by atoms with Crippen molar-refractivity contribution in [3.63, 3.8) is 0 Å². The fourth-order valence-corrected chi connectivity index (χ4v) is 5.06. The molecule has 0 bridgehead atoms. The molecule has 1 atom stereocenters. The minimum atomic E-state index is -3.62. The van der Waals surface area contributed by atoms with E-state index < -0.39 is 15.4 Å². The first kappa shape index (κ1) is 27.1. The summed E-state index contributed by atoms with van der Waals surface area (Å²) in [6.45, 7) is 9.83. The summed E-state index contributed by atoms with van der Waals surface area (Å²) in [6.07, 6.45) is 4.08. The molecular weight excluding hydrogens is 462 g/mol. The van der Waals surface area contributed by atoms with Crippen LogP contribution in [0, 0.1) is 25.2 Å². The molecule has 1 aliphatic rings. The molecule has 6 nitrogen and oxygen atoms in total. The lowest BCUT2D eigenvalue weighted by Crippen LogP contribution is -2.38. The molecule has 35 heavy (non-hydrogen) atoms. The van der Waals surface area contributed by atoms with Crippen LogP contribution in [0.5, 0.6) is 5.75 Å². The molecule has 0 saturated heterocycles. The second kappa shape index (κ2) is 10.6. The van der Waals surface area contributed by atoms with Crippen LogP contribution >= 0.6 is 0 Å². The van der Waals surface area contributed by atoms with Crippen LogP contribution in [0.3, 0.4) is 0 Å². The van der Waals surface area contributed by atoms with Gasteiger partial charge in [-0.1, -0.05) is 24.3 Å². The van der Waals surface area contributed by atoms with Crippen molar-refractivity contribution in [2.45, 2.75) is 59.8 Å². The van der Waals surface area contributed by atoms with E-state index in [0.717, 1.165) is 18.4 Å². The third-order valence-corrected chi connectivity index (χ3v) is 7.65. The Morgan fingerprint density at radius 1 is 1.09 bits per heavy atom. The van der Waals surface area contributed by atoms with Crippen LogP contribution in [0.2, 0.25) is 0 Å². The molecule has 0 N–H and O–H groups in total. The van der Waals surface area contributed by atoms with Crippen LogP contribution in [0.25, 0.3) is 0 Å². The summed E-state index contributed by atoms with van der Waals surface area (Å²) < 4.78 is 38.6. The highest BCUT2D eigenvalue weighted by molar-refractivity contribution is 7.92. The Kier molecular flexibility index (Phi) is 8.20. The van der Waals surface area contributed by atoms with E-state index in [1.165, 1.54) is 27.3 Å². The number of carbonyl (C=O) groups is 1. The molecule has 0 aromatic heterocycles. The Hall–Kier alpha value is -2.54. The van der Waals surface area contributed by atoms with Crippen molar-refractivity contribution in [2.75, 3.05) is 30.8 Å². The number of aryl methyl sites for hydroxylation is 2. The molecule has 2 aromatic rings. The zero-order valence-corrected chi connectivity index (χ0v) is 22.9. The Labute approximate surface area is 210 Å². The summed E-state index contributed by atoms with van der Waals surface area (Å²) in [5, 5.41) is 0. The van der Waals surface area contributed by atoms with Crippen LogP contribution in [0.4, 0.5) is 5.69 Å². The largest absolute Gasteiger partial charge is 0.495 e.